The second kappa shape index (κ2) is 4.99. The van der Waals surface area contributed by atoms with Gasteiger partial charge in [0.25, 0.3) is 0 Å². The molecule has 1 heterocycles. The predicted octanol–water partition coefficient (Wildman–Crippen LogP) is 3.24. The summed E-state index contributed by atoms with van der Waals surface area (Å²) in [7, 11) is 0. The highest BCUT2D eigenvalue weighted by Crippen LogP contribution is 2.12. The van der Waals surface area contributed by atoms with Crippen molar-refractivity contribution in [1.82, 2.24) is 4.98 Å². The number of rotatable bonds is 4. The van der Waals surface area contributed by atoms with Crippen LogP contribution < -0.4 is 5.32 Å². The number of hydrogen-bond acceptors (Lipinski definition) is 2. The molecule has 1 N–H and O–H groups in total. The zero-order chi connectivity index (χ0) is 10.6. The Bertz CT molecular complexity index is 264. The predicted molar refractivity (Wildman–Crippen MR) is 61.5 cm³/mol. The lowest BCUT2D eigenvalue weighted by atomic mass is 10.0. The van der Waals surface area contributed by atoms with E-state index in [4.69, 9.17) is 0 Å². The maximum absolute atomic E-state index is 4.34. The van der Waals surface area contributed by atoms with Crippen LogP contribution in [0.3, 0.4) is 0 Å². The van der Waals surface area contributed by atoms with Gasteiger partial charge in [-0.2, -0.15) is 0 Å². The molecule has 0 saturated carbocycles. The van der Waals surface area contributed by atoms with Crippen molar-refractivity contribution >= 4 is 5.82 Å². The summed E-state index contributed by atoms with van der Waals surface area (Å²) in [6, 6.07) is 4.65. The zero-order valence-electron chi connectivity index (χ0n) is 9.54. The van der Waals surface area contributed by atoms with Crippen LogP contribution in [-0.4, -0.2) is 11.0 Å². The van der Waals surface area contributed by atoms with Crippen molar-refractivity contribution in [3.05, 3.63) is 23.9 Å². The van der Waals surface area contributed by atoms with Crippen molar-refractivity contribution in [1.29, 1.82) is 0 Å². The van der Waals surface area contributed by atoms with Gasteiger partial charge in [-0.1, -0.05) is 26.8 Å². The van der Waals surface area contributed by atoms with E-state index in [0.29, 0.717) is 12.0 Å². The molecule has 1 aromatic heterocycles. The summed E-state index contributed by atoms with van der Waals surface area (Å²) in [5.74, 6) is 1.62. The molecule has 1 aromatic rings. The molecular formula is C12H20N2. The van der Waals surface area contributed by atoms with Gasteiger partial charge in [0.1, 0.15) is 5.82 Å². The smallest absolute Gasteiger partial charge is 0.126 e. The number of hydrogen-bond donors (Lipinski definition) is 1. The first-order valence-electron chi connectivity index (χ1n) is 5.32. The number of pyridine rings is 1. The van der Waals surface area contributed by atoms with E-state index < -0.39 is 0 Å². The quantitative estimate of drug-likeness (QED) is 0.792. The number of anilines is 1. The van der Waals surface area contributed by atoms with Crippen LogP contribution in [0.5, 0.6) is 0 Å². The largest absolute Gasteiger partial charge is 0.367 e. The fourth-order valence-corrected chi connectivity index (χ4v) is 1.48. The van der Waals surface area contributed by atoms with Gasteiger partial charge in [0.05, 0.1) is 0 Å². The van der Waals surface area contributed by atoms with E-state index in [9.17, 15) is 0 Å². The van der Waals surface area contributed by atoms with E-state index in [2.05, 4.69) is 44.1 Å². The molecule has 0 saturated heterocycles. The van der Waals surface area contributed by atoms with E-state index in [1.54, 1.807) is 0 Å². The molecule has 1 unspecified atom stereocenters. The average Bonchev–Trinajstić information content (AvgIpc) is 2.16. The minimum Gasteiger partial charge on any atom is -0.367 e. The van der Waals surface area contributed by atoms with Crippen LogP contribution in [0.1, 0.15) is 32.8 Å². The van der Waals surface area contributed by atoms with Crippen LogP contribution in [0.4, 0.5) is 5.82 Å². The third-order valence-corrected chi connectivity index (χ3v) is 2.49. The normalized spacial score (nSPS) is 12.9. The van der Waals surface area contributed by atoms with Crippen LogP contribution in [0.25, 0.3) is 0 Å². The standard InChI is InChI=1S/C12H20N2/c1-5-11(9(2)3)14-12-7-6-10(4)8-13-12/h6-9,11H,5H2,1-4H3,(H,13,14). The summed E-state index contributed by atoms with van der Waals surface area (Å²) in [5.41, 5.74) is 1.20. The van der Waals surface area contributed by atoms with E-state index in [-0.39, 0.29) is 0 Å². The molecule has 2 nitrogen and oxygen atoms in total. The first kappa shape index (κ1) is 11.0. The van der Waals surface area contributed by atoms with Gasteiger partial charge >= 0.3 is 0 Å². The molecular weight excluding hydrogens is 172 g/mol. The number of nitrogens with one attached hydrogen (secondary N) is 1. The van der Waals surface area contributed by atoms with Crippen LogP contribution in [0.2, 0.25) is 0 Å². The second-order valence-electron chi connectivity index (χ2n) is 4.12. The van der Waals surface area contributed by atoms with Gasteiger partial charge < -0.3 is 5.32 Å². The highest BCUT2D eigenvalue weighted by molar-refractivity contribution is 5.36. The molecule has 0 amide bonds. The highest BCUT2D eigenvalue weighted by Gasteiger charge is 2.10. The summed E-state index contributed by atoms with van der Waals surface area (Å²) in [4.78, 5) is 4.34. The Morgan fingerprint density at radius 3 is 2.50 bits per heavy atom. The van der Waals surface area contributed by atoms with E-state index in [1.807, 2.05) is 12.3 Å². The van der Waals surface area contributed by atoms with Gasteiger partial charge in [0, 0.05) is 12.2 Å². The fourth-order valence-electron chi connectivity index (χ4n) is 1.48. The highest BCUT2D eigenvalue weighted by atomic mass is 15.0. The number of aromatic nitrogens is 1. The van der Waals surface area contributed by atoms with Crippen LogP contribution in [-0.2, 0) is 0 Å². The van der Waals surface area contributed by atoms with Gasteiger partial charge in [-0.25, -0.2) is 4.98 Å². The molecule has 0 aliphatic heterocycles. The zero-order valence-corrected chi connectivity index (χ0v) is 9.54. The first-order chi connectivity index (χ1) is 6.63. The fraction of sp³-hybridized carbons (Fsp3) is 0.583. The summed E-state index contributed by atoms with van der Waals surface area (Å²) in [5, 5.41) is 3.44. The summed E-state index contributed by atoms with van der Waals surface area (Å²) in [6.07, 6.45) is 3.03. The maximum atomic E-state index is 4.34. The molecule has 1 atom stereocenters. The third-order valence-electron chi connectivity index (χ3n) is 2.49. The average molecular weight is 192 g/mol. The molecule has 1 rings (SSSR count). The Morgan fingerprint density at radius 2 is 2.07 bits per heavy atom. The minimum atomic E-state index is 0.519. The van der Waals surface area contributed by atoms with Gasteiger partial charge in [0.2, 0.25) is 0 Å². The van der Waals surface area contributed by atoms with Crippen LogP contribution >= 0.6 is 0 Å². The Kier molecular flexibility index (Phi) is 3.93. The Morgan fingerprint density at radius 1 is 1.36 bits per heavy atom. The van der Waals surface area contributed by atoms with Crippen LogP contribution in [0.15, 0.2) is 18.3 Å². The molecule has 0 bridgehead atoms. The lowest BCUT2D eigenvalue weighted by molar-refractivity contribution is 0.510. The Balaban J connectivity index is 2.63. The van der Waals surface area contributed by atoms with Crippen molar-refractivity contribution in [3.8, 4) is 0 Å². The molecule has 0 aromatic carbocycles. The molecule has 0 aliphatic carbocycles. The van der Waals surface area contributed by atoms with Crippen molar-refractivity contribution in [2.24, 2.45) is 5.92 Å². The number of aryl methyl sites for hydroxylation is 1. The van der Waals surface area contributed by atoms with Gasteiger partial charge in [0.15, 0.2) is 0 Å². The lowest BCUT2D eigenvalue weighted by Crippen LogP contribution is -2.25. The van der Waals surface area contributed by atoms with Crippen molar-refractivity contribution in [2.45, 2.75) is 40.2 Å². The van der Waals surface area contributed by atoms with E-state index in [1.165, 1.54) is 5.56 Å². The molecule has 0 fully saturated rings. The van der Waals surface area contributed by atoms with E-state index in [0.717, 1.165) is 12.2 Å². The molecule has 14 heavy (non-hydrogen) atoms. The van der Waals surface area contributed by atoms with Crippen LogP contribution in [0, 0.1) is 12.8 Å². The third kappa shape index (κ3) is 3.02. The summed E-state index contributed by atoms with van der Waals surface area (Å²) in [6.45, 7) is 8.72. The number of nitrogens with zero attached hydrogens (tertiary/aromatic N) is 1. The second-order valence-corrected chi connectivity index (χ2v) is 4.12. The monoisotopic (exact) mass is 192 g/mol. The molecule has 0 aliphatic rings. The first-order valence-corrected chi connectivity index (χ1v) is 5.32. The van der Waals surface area contributed by atoms with Gasteiger partial charge in [-0.15, -0.1) is 0 Å². The maximum Gasteiger partial charge on any atom is 0.126 e. The molecule has 78 valence electrons. The van der Waals surface area contributed by atoms with Crippen molar-refractivity contribution in [3.63, 3.8) is 0 Å². The topological polar surface area (TPSA) is 24.9 Å². The molecule has 0 radical (unpaired) electrons. The van der Waals surface area contributed by atoms with Crippen molar-refractivity contribution < 1.29 is 0 Å². The lowest BCUT2D eigenvalue weighted by Gasteiger charge is -2.21. The molecule has 2 heteroatoms. The molecule has 0 spiro atoms. The van der Waals surface area contributed by atoms with Crippen molar-refractivity contribution in [2.75, 3.05) is 5.32 Å². The summed E-state index contributed by atoms with van der Waals surface area (Å²) >= 11 is 0. The van der Waals surface area contributed by atoms with E-state index >= 15 is 0 Å². The minimum absolute atomic E-state index is 0.519. The Labute approximate surface area is 86.8 Å². The summed E-state index contributed by atoms with van der Waals surface area (Å²) < 4.78 is 0. The SMILES string of the molecule is CCC(Nc1ccc(C)cn1)C(C)C. The van der Waals surface area contributed by atoms with Gasteiger partial charge in [-0.3, -0.25) is 0 Å². The Hall–Kier alpha value is -1.05. The van der Waals surface area contributed by atoms with Gasteiger partial charge in [-0.05, 0) is 30.9 Å².